The summed E-state index contributed by atoms with van der Waals surface area (Å²) in [6.07, 6.45) is 1.47. The van der Waals surface area contributed by atoms with E-state index in [0.717, 1.165) is 24.2 Å². The van der Waals surface area contributed by atoms with Crippen LogP contribution in [-0.4, -0.2) is 50.5 Å². The number of esters is 2. The molecule has 1 atom stereocenters. The predicted molar refractivity (Wildman–Crippen MR) is 141 cm³/mol. The fraction of sp³-hybridized carbons (Fsp3) is 0.241. The van der Waals surface area contributed by atoms with Crippen molar-refractivity contribution in [1.29, 1.82) is 0 Å². The lowest BCUT2D eigenvalue weighted by molar-refractivity contribution is -0.184. The third-order valence-electron chi connectivity index (χ3n) is 7.30. The Labute approximate surface area is 226 Å². The lowest BCUT2D eigenvalue weighted by Crippen LogP contribution is -2.63. The highest BCUT2D eigenvalue weighted by Crippen LogP contribution is 2.55. The van der Waals surface area contributed by atoms with Crippen LogP contribution in [-0.2, 0) is 29.1 Å². The van der Waals surface area contributed by atoms with E-state index in [1.54, 1.807) is 42.5 Å². The van der Waals surface area contributed by atoms with Crippen LogP contribution in [0.15, 0.2) is 77.7 Å². The van der Waals surface area contributed by atoms with Gasteiger partial charge in [-0.1, -0.05) is 54.1 Å². The summed E-state index contributed by atoms with van der Waals surface area (Å²) in [4.78, 5) is 27.1. The fourth-order valence-corrected chi connectivity index (χ4v) is 6.87. The number of rotatable bonds is 5. The molecule has 8 nitrogen and oxygen atoms in total. The molecular formula is C29H27FN2O6S. The molecule has 0 aliphatic carbocycles. The zero-order valence-electron chi connectivity index (χ0n) is 21.6. The number of fused-ring (bicyclic) bond motifs is 3. The molecule has 3 aromatic rings. The van der Waals surface area contributed by atoms with Crippen molar-refractivity contribution in [3.63, 3.8) is 0 Å². The summed E-state index contributed by atoms with van der Waals surface area (Å²) in [5.74, 6) is -2.41. The molecule has 1 unspecified atom stereocenters. The molecule has 5 rings (SSSR count). The van der Waals surface area contributed by atoms with Gasteiger partial charge in [-0.25, -0.2) is 12.8 Å². The van der Waals surface area contributed by atoms with Crippen molar-refractivity contribution in [3.05, 3.63) is 101 Å². The number of benzene rings is 3. The standard InChI is InChI=1S/C29H27FN2O6S/c1-19-9-13-23(14-10-19)39(35,36)31-16-15-29(27(33)37-2,28(34)38-3)26-24-18-22(30)12-11-21(24)17-25(32(26)31)20-7-5-4-6-8-20/h4-14,17-18,26H,15-16H2,1-3H3. The van der Waals surface area contributed by atoms with E-state index in [4.69, 9.17) is 9.47 Å². The second-order valence-electron chi connectivity index (χ2n) is 9.48. The third-order valence-corrected chi connectivity index (χ3v) is 9.08. The van der Waals surface area contributed by atoms with Crippen LogP contribution in [0.4, 0.5) is 4.39 Å². The van der Waals surface area contributed by atoms with Crippen molar-refractivity contribution >= 4 is 33.7 Å². The third kappa shape index (κ3) is 4.20. The Bertz CT molecular complexity index is 1560. The first-order valence-corrected chi connectivity index (χ1v) is 13.7. The molecule has 202 valence electrons. The first-order valence-electron chi connectivity index (χ1n) is 12.3. The number of halogens is 1. The van der Waals surface area contributed by atoms with E-state index < -0.39 is 39.2 Å². The lowest BCUT2D eigenvalue weighted by atomic mass is 9.70. The van der Waals surface area contributed by atoms with Gasteiger partial charge in [0.2, 0.25) is 0 Å². The summed E-state index contributed by atoms with van der Waals surface area (Å²) in [5.41, 5.74) is 0.727. The molecule has 0 aromatic heterocycles. The van der Waals surface area contributed by atoms with E-state index in [0.29, 0.717) is 16.8 Å². The maximum atomic E-state index is 14.7. The predicted octanol–water partition coefficient (Wildman–Crippen LogP) is 4.33. The van der Waals surface area contributed by atoms with E-state index in [-0.39, 0.29) is 23.4 Å². The summed E-state index contributed by atoms with van der Waals surface area (Å²) in [6.45, 7) is 1.60. The summed E-state index contributed by atoms with van der Waals surface area (Å²) >= 11 is 0. The van der Waals surface area contributed by atoms with Crippen LogP contribution in [0.5, 0.6) is 0 Å². The van der Waals surface area contributed by atoms with Gasteiger partial charge in [0, 0.05) is 6.54 Å². The molecule has 2 aliphatic heterocycles. The number of hydrogen-bond acceptors (Lipinski definition) is 7. The summed E-state index contributed by atoms with van der Waals surface area (Å²) in [7, 11) is -1.90. The van der Waals surface area contributed by atoms with Gasteiger partial charge in [0.05, 0.1) is 30.9 Å². The van der Waals surface area contributed by atoms with Gasteiger partial charge in [0.1, 0.15) is 5.82 Å². The van der Waals surface area contributed by atoms with Crippen LogP contribution < -0.4 is 0 Å². The SMILES string of the molecule is COC(=O)C1(C(=O)OC)CCN(S(=O)(=O)c2ccc(C)cc2)N2C(c3ccccc3)=Cc3ccc(F)cc3C21. The van der Waals surface area contributed by atoms with Gasteiger partial charge >= 0.3 is 11.9 Å². The van der Waals surface area contributed by atoms with E-state index in [9.17, 15) is 22.4 Å². The zero-order chi connectivity index (χ0) is 27.9. The van der Waals surface area contributed by atoms with Gasteiger partial charge < -0.3 is 9.47 Å². The van der Waals surface area contributed by atoms with Crippen LogP contribution in [0, 0.1) is 18.2 Å². The monoisotopic (exact) mass is 550 g/mol. The second-order valence-corrected chi connectivity index (χ2v) is 11.3. The molecule has 0 N–H and O–H groups in total. The number of ether oxygens (including phenoxy) is 2. The Hall–Kier alpha value is -4.02. The van der Waals surface area contributed by atoms with Crippen molar-refractivity contribution < 1.29 is 31.9 Å². The van der Waals surface area contributed by atoms with E-state index in [1.165, 1.54) is 35.3 Å². The zero-order valence-corrected chi connectivity index (χ0v) is 22.4. The molecule has 0 saturated carbocycles. The molecule has 0 bridgehead atoms. The molecule has 0 radical (unpaired) electrons. The molecule has 3 aromatic carbocycles. The topological polar surface area (TPSA) is 93.2 Å². The number of sulfonamides is 1. The Morgan fingerprint density at radius 1 is 0.949 bits per heavy atom. The number of methoxy groups -OCH3 is 2. The minimum Gasteiger partial charge on any atom is -0.468 e. The minimum atomic E-state index is -4.20. The van der Waals surface area contributed by atoms with Gasteiger partial charge in [-0.15, -0.1) is 4.41 Å². The normalized spacial score (nSPS) is 18.4. The van der Waals surface area contributed by atoms with Crippen molar-refractivity contribution in [3.8, 4) is 0 Å². The van der Waals surface area contributed by atoms with Crippen molar-refractivity contribution in [1.82, 2.24) is 9.42 Å². The molecule has 2 aliphatic rings. The number of aryl methyl sites for hydroxylation is 1. The van der Waals surface area contributed by atoms with E-state index >= 15 is 0 Å². The molecule has 0 amide bonds. The maximum Gasteiger partial charge on any atom is 0.325 e. The second kappa shape index (κ2) is 9.94. The van der Waals surface area contributed by atoms with Gasteiger partial charge in [-0.05, 0) is 60.4 Å². The average Bonchev–Trinajstić information content (AvgIpc) is 2.95. The molecular weight excluding hydrogens is 523 g/mol. The Morgan fingerprint density at radius 3 is 2.21 bits per heavy atom. The Kier molecular flexibility index (Phi) is 6.77. The summed E-state index contributed by atoms with van der Waals surface area (Å²) in [6, 6.07) is 18.1. The number of hydrogen-bond donors (Lipinski definition) is 0. The van der Waals surface area contributed by atoms with Crippen LogP contribution in [0.25, 0.3) is 11.8 Å². The maximum absolute atomic E-state index is 14.7. The molecule has 2 heterocycles. The number of carbonyl (C=O) groups excluding carboxylic acids is 2. The molecule has 39 heavy (non-hydrogen) atoms. The summed E-state index contributed by atoms with van der Waals surface area (Å²) in [5, 5.41) is 1.41. The number of carbonyl (C=O) groups is 2. The van der Waals surface area contributed by atoms with Gasteiger partial charge in [-0.2, -0.15) is 0 Å². The fourth-order valence-electron chi connectivity index (χ4n) is 5.41. The molecule has 0 spiro atoms. The van der Waals surface area contributed by atoms with Gasteiger partial charge in [0.25, 0.3) is 10.0 Å². The van der Waals surface area contributed by atoms with Crippen LogP contribution in [0.3, 0.4) is 0 Å². The first kappa shape index (κ1) is 26.6. The summed E-state index contributed by atoms with van der Waals surface area (Å²) < 4.78 is 54.4. The smallest absolute Gasteiger partial charge is 0.325 e. The van der Waals surface area contributed by atoms with E-state index in [1.807, 2.05) is 13.0 Å². The molecule has 1 saturated heterocycles. The van der Waals surface area contributed by atoms with Crippen molar-refractivity contribution in [2.45, 2.75) is 24.3 Å². The highest BCUT2D eigenvalue weighted by atomic mass is 32.2. The van der Waals surface area contributed by atoms with Gasteiger partial charge in [0.15, 0.2) is 5.41 Å². The van der Waals surface area contributed by atoms with Crippen molar-refractivity contribution in [2.24, 2.45) is 5.41 Å². The van der Waals surface area contributed by atoms with Crippen molar-refractivity contribution in [2.75, 3.05) is 20.8 Å². The highest BCUT2D eigenvalue weighted by Gasteiger charge is 2.63. The number of hydrazine groups is 1. The van der Waals surface area contributed by atoms with Crippen LogP contribution in [0.2, 0.25) is 0 Å². The molecule has 10 heteroatoms. The average molecular weight is 551 g/mol. The highest BCUT2D eigenvalue weighted by molar-refractivity contribution is 7.89. The van der Waals surface area contributed by atoms with E-state index in [2.05, 4.69) is 0 Å². The van der Waals surface area contributed by atoms with Crippen LogP contribution >= 0.6 is 0 Å². The minimum absolute atomic E-state index is 0.0351. The van der Waals surface area contributed by atoms with Crippen LogP contribution in [0.1, 0.15) is 34.7 Å². The Morgan fingerprint density at radius 2 is 1.59 bits per heavy atom. The largest absolute Gasteiger partial charge is 0.468 e. The quantitative estimate of drug-likeness (QED) is 0.345. The number of nitrogens with zero attached hydrogens (tertiary/aromatic N) is 2. The Balaban J connectivity index is 1.84. The molecule has 1 fully saturated rings. The first-order chi connectivity index (χ1) is 18.6. The lowest BCUT2D eigenvalue weighted by Gasteiger charge is -2.54. The van der Waals surface area contributed by atoms with Gasteiger partial charge in [-0.3, -0.25) is 14.6 Å².